The van der Waals surface area contributed by atoms with Crippen LogP contribution in [0.2, 0.25) is 0 Å². The molecule has 0 amide bonds. The van der Waals surface area contributed by atoms with E-state index in [-0.39, 0.29) is 12.1 Å². The zero-order valence-corrected chi connectivity index (χ0v) is 11.8. The third kappa shape index (κ3) is 3.34. The van der Waals surface area contributed by atoms with Gasteiger partial charge in [-0.2, -0.15) is 16.6 Å². The Bertz CT molecular complexity index is 543. The van der Waals surface area contributed by atoms with Gasteiger partial charge >= 0.3 is 0 Å². The summed E-state index contributed by atoms with van der Waals surface area (Å²) >= 11 is 1.60. The number of rotatable bonds is 5. The third-order valence-corrected chi connectivity index (χ3v) is 3.74. The van der Waals surface area contributed by atoms with Gasteiger partial charge < -0.3 is 4.74 Å². The monoisotopic (exact) mass is 272 g/mol. The Morgan fingerprint density at radius 3 is 2.47 bits per heavy atom. The van der Waals surface area contributed by atoms with E-state index in [1.165, 1.54) is 0 Å². The lowest BCUT2D eigenvalue weighted by atomic mass is 10.1. The standard InChI is InChI=1S/C15H16N2OS/c1-11(12-3-5-14(18-2)6-4-12)17-15(9-16)13-7-8-19-10-13/h3-8,10-11,15,17H,1-2H3/t11-,15+/m0/s1. The van der Waals surface area contributed by atoms with Gasteiger partial charge in [0.25, 0.3) is 0 Å². The molecule has 0 fully saturated rings. The fourth-order valence-electron chi connectivity index (χ4n) is 1.89. The van der Waals surface area contributed by atoms with Gasteiger partial charge in [0.2, 0.25) is 0 Å². The largest absolute Gasteiger partial charge is 0.497 e. The predicted octanol–water partition coefficient (Wildman–Crippen LogP) is 3.67. The summed E-state index contributed by atoms with van der Waals surface area (Å²) in [4.78, 5) is 0. The second-order valence-electron chi connectivity index (χ2n) is 4.28. The molecule has 3 nitrogen and oxygen atoms in total. The molecule has 1 aromatic heterocycles. The highest BCUT2D eigenvalue weighted by molar-refractivity contribution is 7.08. The number of methoxy groups -OCH3 is 1. The highest BCUT2D eigenvalue weighted by Crippen LogP contribution is 2.22. The van der Waals surface area contributed by atoms with Crippen LogP contribution in [0.5, 0.6) is 5.75 Å². The van der Waals surface area contributed by atoms with E-state index >= 15 is 0 Å². The van der Waals surface area contributed by atoms with Crippen LogP contribution in [0.15, 0.2) is 41.1 Å². The van der Waals surface area contributed by atoms with Gasteiger partial charge in [-0.25, -0.2) is 0 Å². The smallest absolute Gasteiger partial charge is 0.122 e. The first kappa shape index (κ1) is 13.6. The second kappa shape index (κ2) is 6.37. The van der Waals surface area contributed by atoms with E-state index in [4.69, 9.17) is 4.74 Å². The summed E-state index contributed by atoms with van der Waals surface area (Å²) in [7, 11) is 1.65. The van der Waals surface area contributed by atoms with Crippen molar-refractivity contribution in [3.05, 3.63) is 52.2 Å². The van der Waals surface area contributed by atoms with Gasteiger partial charge in [0.05, 0.1) is 13.2 Å². The fraction of sp³-hybridized carbons (Fsp3) is 0.267. The molecule has 0 saturated carbocycles. The van der Waals surface area contributed by atoms with E-state index in [9.17, 15) is 5.26 Å². The van der Waals surface area contributed by atoms with Gasteiger partial charge in [-0.3, -0.25) is 5.32 Å². The number of benzene rings is 1. The van der Waals surface area contributed by atoms with Crippen molar-refractivity contribution in [2.45, 2.75) is 19.0 Å². The van der Waals surface area contributed by atoms with Crippen LogP contribution in [-0.4, -0.2) is 7.11 Å². The van der Waals surface area contributed by atoms with E-state index in [1.807, 2.05) is 41.1 Å². The van der Waals surface area contributed by atoms with Crippen molar-refractivity contribution in [3.63, 3.8) is 0 Å². The maximum absolute atomic E-state index is 9.25. The molecule has 0 aliphatic heterocycles. The van der Waals surface area contributed by atoms with E-state index in [0.717, 1.165) is 16.9 Å². The van der Waals surface area contributed by atoms with Gasteiger partial charge in [-0.05, 0) is 47.0 Å². The Balaban J connectivity index is 2.07. The molecule has 1 aromatic carbocycles. The van der Waals surface area contributed by atoms with Crippen LogP contribution in [0.4, 0.5) is 0 Å². The number of nitriles is 1. The summed E-state index contributed by atoms with van der Waals surface area (Å²) in [6.45, 7) is 2.05. The van der Waals surface area contributed by atoms with Gasteiger partial charge in [-0.15, -0.1) is 0 Å². The van der Waals surface area contributed by atoms with Crippen LogP contribution in [0, 0.1) is 11.3 Å². The molecule has 2 atom stereocenters. The summed E-state index contributed by atoms with van der Waals surface area (Å²) in [6.07, 6.45) is 0. The molecule has 4 heteroatoms. The Morgan fingerprint density at radius 1 is 1.21 bits per heavy atom. The lowest BCUT2D eigenvalue weighted by Crippen LogP contribution is -2.23. The Morgan fingerprint density at radius 2 is 1.95 bits per heavy atom. The minimum atomic E-state index is -0.275. The van der Waals surface area contributed by atoms with E-state index < -0.39 is 0 Å². The first-order valence-corrected chi connectivity index (χ1v) is 7.00. The average molecular weight is 272 g/mol. The normalized spacial score (nSPS) is 13.5. The Hall–Kier alpha value is -1.83. The molecule has 0 unspecified atom stereocenters. The van der Waals surface area contributed by atoms with Gasteiger partial charge in [-0.1, -0.05) is 12.1 Å². The van der Waals surface area contributed by atoms with Crippen LogP contribution in [0.25, 0.3) is 0 Å². The molecule has 1 N–H and O–H groups in total. The summed E-state index contributed by atoms with van der Waals surface area (Å²) in [6, 6.07) is 12.0. The number of ether oxygens (including phenoxy) is 1. The summed E-state index contributed by atoms with van der Waals surface area (Å²) in [5.74, 6) is 0.839. The second-order valence-corrected chi connectivity index (χ2v) is 5.06. The van der Waals surface area contributed by atoms with E-state index in [2.05, 4.69) is 18.3 Å². The van der Waals surface area contributed by atoms with Crippen molar-refractivity contribution in [1.29, 1.82) is 5.26 Å². The zero-order valence-electron chi connectivity index (χ0n) is 11.0. The number of nitrogens with zero attached hydrogens (tertiary/aromatic N) is 1. The average Bonchev–Trinajstić information content (AvgIpc) is 2.98. The predicted molar refractivity (Wildman–Crippen MR) is 77.2 cm³/mol. The molecule has 0 spiro atoms. The van der Waals surface area contributed by atoms with Crippen molar-refractivity contribution in [2.24, 2.45) is 0 Å². The van der Waals surface area contributed by atoms with Crippen LogP contribution in [0.1, 0.15) is 30.1 Å². The lowest BCUT2D eigenvalue weighted by molar-refractivity contribution is 0.414. The summed E-state index contributed by atoms with van der Waals surface area (Å²) < 4.78 is 5.14. The van der Waals surface area contributed by atoms with Crippen LogP contribution < -0.4 is 10.1 Å². The zero-order chi connectivity index (χ0) is 13.7. The highest BCUT2D eigenvalue weighted by atomic mass is 32.1. The number of hydrogen-bond acceptors (Lipinski definition) is 4. The molecule has 98 valence electrons. The first-order valence-electron chi connectivity index (χ1n) is 6.06. The van der Waals surface area contributed by atoms with Crippen molar-refractivity contribution in [1.82, 2.24) is 5.32 Å². The molecule has 0 aliphatic rings. The fourth-order valence-corrected chi connectivity index (χ4v) is 2.57. The van der Waals surface area contributed by atoms with Crippen molar-refractivity contribution < 1.29 is 4.74 Å². The minimum absolute atomic E-state index is 0.107. The van der Waals surface area contributed by atoms with Crippen LogP contribution in [-0.2, 0) is 0 Å². The topological polar surface area (TPSA) is 45.0 Å². The molecular formula is C15H16N2OS. The Kier molecular flexibility index (Phi) is 4.56. The van der Waals surface area contributed by atoms with Gasteiger partial charge in [0.1, 0.15) is 11.8 Å². The molecule has 0 radical (unpaired) electrons. The van der Waals surface area contributed by atoms with Gasteiger partial charge in [0.15, 0.2) is 0 Å². The molecule has 19 heavy (non-hydrogen) atoms. The van der Waals surface area contributed by atoms with E-state index in [1.54, 1.807) is 18.4 Å². The lowest BCUT2D eigenvalue weighted by Gasteiger charge is -2.18. The van der Waals surface area contributed by atoms with Crippen LogP contribution in [0.3, 0.4) is 0 Å². The van der Waals surface area contributed by atoms with Crippen molar-refractivity contribution in [3.8, 4) is 11.8 Å². The summed E-state index contributed by atoms with van der Waals surface area (Å²) in [5.41, 5.74) is 2.16. The number of hydrogen-bond donors (Lipinski definition) is 1. The molecule has 0 aliphatic carbocycles. The molecular weight excluding hydrogens is 256 g/mol. The van der Waals surface area contributed by atoms with Gasteiger partial charge in [0, 0.05) is 6.04 Å². The summed E-state index contributed by atoms with van der Waals surface area (Å²) in [5, 5.41) is 16.6. The SMILES string of the molecule is COc1ccc([C@H](C)N[C@H](C#N)c2ccsc2)cc1. The third-order valence-electron chi connectivity index (χ3n) is 3.04. The van der Waals surface area contributed by atoms with Crippen LogP contribution >= 0.6 is 11.3 Å². The molecule has 1 heterocycles. The maximum atomic E-state index is 9.25. The number of nitrogens with one attached hydrogen (secondary N) is 1. The highest BCUT2D eigenvalue weighted by Gasteiger charge is 2.15. The van der Waals surface area contributed by atoms with Crippen molar-refractivity contribution in [2.75, 3.05) is 7.11 Å². The minimum Gasteiger partial charge on any atom is -0.497 e. The van der Waals surface area contributed by atoms with E-state index in [0.29, 0.717) is 0 Å². The number of thiophene rings is 1. The molecule has 0 bridgehead atoms. The first-order chi connectivity index (χ1) is 9.24. The molecule has 2 rings (SSSR count). The quantitative estimate of drug-likeness (QED) is 0.903. The Labute approximate surface area is 117 Å². The molecule has 0 saturated heterocycles. The van der Waals surface area contributed by atoms with Crippen molar-refractivity contribution >= 4 is 11.3 Å². The maximum Gasteiger partial charge on any atom is 0.122 e. The molecule has 2 aromatic rings.